The number of aliphatic carboxylic acids is 1. The van der Waals surface area contributed by atoms with Crippen LogP contribution in [-0.2, 0) is 11.4 Å². The molecule has 0 radical (unpaired) electrons. The van der Waals surface area contributed by atoms with E-state index in [1.807, 2.05) is 0 Å². The van der Waals surface area contributed by atoms with Crippen LogP contribution in [0, 0.1) is 6.92 Å². The highest BCUT2D eigenvalue weighted by atomic mass is 16.5. The minimum absolute atomic E-state index is 0.113. The number of aryl methyl sites for hydroxylation is 1. The number of aromatic nitrogens is 2. The van der Waals surface area contributed by atoms with Crippen LogP contribution in [0.3, 0.4) is 0 Å². The molecule has 8 nitrogen and oxygen atoms in total. The number of nitrogens with zero attached hydrogens (tertiary/aromatic N) is 2. The van der Waals surface area contributed by atoms with Gasteiger partial charge in [0.2, 0.25) is 11.7 Å². The first-order chi connectivity index (χ1) is 11.0. The van der Waals surface area contributed by atoms with Crippen LogP contribution in [0.15, 0.2) is 28.8 Å². The summed E-state index contributed by atoms with van der Waals surface area (Å²) >= 11 is 0. The van der Waals surface area contributed by atoms with Gasteiger partial charge in [0.1, 0.15) is 11.3 Å². The summed E-state index contributed by atoms with van der Waals surface area (Å²) in [6.45, 7) is 1.79. The first-order valence-corrected chi connectivity index (χ1v) is 7.06. The van der Waals surface area contributed by atoms with E-state index in [9.17, 15) is 9.59 Å². The maximum absolute atomic E-state index is 12.2. The zero-order valence-corrected chi connectivity index (χ0v) is 12.4. The van der Waals surface area contributed by atoms with Crippen LogP contribution in [0.2, 0.25) is 0 Å². The van der Waals surface area contributed by atoms with E-state index in [1.54, 1.807) is 31.2 Å². The quantitative estimate of drug-likeness (QED) is 0.825. The number of rotatable bonds is 6. The number of carboxylic acids is 1. The first-order valence-electron chi connectivity index (χ1n) is 7.06. The number of nitrogens with one attached hydrogen (secondary N) is 1. The molecule has 0 aliphatic heterocycles. The van der Waals surface area contributed by atoms with Crippen LogP contribution in [0.5, 0.6) is 5.75 Å². The van der Waals surface area contributed by atoms with Crippen molar-refractivity contribution in [1.82, 2.24) is 15.5 Å². The van der Waals surface area contributed by atoms with Gasteiger partial charge in [-0.25, -0.2) is 4.79 Å². The topological polar surface area (TPSA) is 115 Å². The lowest BCUT2D eigenvalue weighted by atomic mass is 10.1. The summed E-state index contributed by atoms with van der Waals surface area (Å²) in [6.07, 6.45) is 0.892. The predicted molar refractivity (Wildman–Crippen MR) is 76.9 cm³/mol. The number of hydrogen-bond acceptors (Lipinski definition) is 6. The van der Waals surface area contributed by atoms with E-state index in [0.717, 1.165) is 0 Å². The highest BCUT2D eigenvalue weighted by molar-refractivity contribution is 5.99. The van der Waals surface area contributed by atoms with Crippen molar-refractivity contribution in [3.63, 3.8) is 0 Å². The largest absolute Gasteiger partial charge is 0.485 e. The second-order valence-corrected chi connectivity index (χ2v) is 5.39. The van der Waals surface area contributed by atoms with Gasteiger partial charge in [-0.3, -0.25) is 4.79 Å². The molecular weight excluding hydrogens is 302 g/mol. The molecule has 0 spiro atoms. The van der Waals surface area contributed by atoms with Crippen LogP contribution < -0.4 is 10.1 Å². The highest BCUT2D eigenvalue weighted by Crippen LogP contribution is 2.35. The van der Waals surface area contributed by atoms with Crippen molar-refractivity contribution in [2.45, 2.75) is 31.9 Å². The van der Waals surface area contributed by atoms with Crippen molar-refractivity contribution in [3.8, 4) is 5.75 Å². The van der Waals surface area contributed by atoms with Gasteiger partial charge in [-0.1, -0.05) is 11.2 Å². The third-order valence-corrected chi connectivity index (χ3v) is 3.55. The fourth-order valence-corrected chi connectivity index (χ4v) is 2.08. The van der Waals surface area contributed by atoms with Gasteiger partial charge in [-0.2, -0.15) is 4.98 Å². The summed E-state index contributed by atoms with van der Waals surface area (Å²) < 4.78 is 10.3. The molecule has 1 aromatic heterocycles. The van der Waals surface area contributed by atoms with Crippen LogP contribution in [-0.4, -0.2) is 32.7 Å². The molecular formula is C15H15N3O5. The predicted octanol–water partition coefficient (Wildman–Crippen LogP) is 1.30. The Bertz CT molecular complexity index is 751. The molecule has 2 aromatic rings. The molecule has 2 N–H and O–H groups in total. The zero-order valence-electron chi connectivity index (χ0n) is 12.4. The van der Waals surface area contributed by atoms with Gasteiger partial charge in [-0.15, -0.1) is 0 Å². The van der Waals surface area contributed by atoms with Crippen molar-refractivity contribution in [2.24, 2.45) is 0 Å². The summed E-state index contributed by atoms with van der Waals surface area (Å²) in [5.41, 5.74) is -0.782. The van der Waals surface area contributed by atoms with Gasteiger partial charge in [0.15, 0.2) is 6.61 Å². The molecule has 23 heavy (non-hydrogen) atoms. The molecule has 1 heterocycles. The van der Waals surface area contributed by atoms with Gasteiger partial charge >= 0.3 is 5.97 Å². The smallest absolute Gasteiger partial charge is 0.329 e. The molecule has 3 rings (SSSR count). The van der Waals surface area contributed by atoms with E-state index in [-0.39, 0.29) is 6.61 Å². The number of hydrogen-bond donors (Lipinski definition) is 2. The van der Waals surface area contributed by atoms with Gasteiger partial charge in [0, 0.05) is 12.5 Å². The Hall–Kier alpha value is -2.90. The molecule has 1 aliphatic carbocycles. The maximum atomic E-state index is 12.2. The summed E-state index contributed by atoms with van der Waals surface area (Å²) in [7, 11) is 0. The SMILES string of the molecule is Cc1nc(COc2cccc(C(=O)NC3(C(=O)O)CC3)c2)no1. The number of carboxylic acid groups (broad SMARTS) is 1. The fraction of sp³-hybridized carbons (Fsp3) is 0.333. The molecule has 1 fully saturated rings. The third kappa shape index (κ3) is 3.31. The second kappa shape index (κ2) is 5.71. The minimum Gasteiger partial charge on any atom is -0.485 e. The van der Waals surface area contributed by atoms with Crippen LogP contribution in [0.1, 0.15) is 34.9 Å². The average molecular weight is 317 g/mol. The zero-order chi connectivity index (χ0) is 16.4. The number of benzene rings is 1. The average Bonchev–Trinajstić information content (AvgIpc) is 3.20. The number of carbonyl (C=O) groups excluding carboxylic acids is 1. The van der Waals surface area contributed by atoms with Gasteiger partial charge < -0.3 is 19.7 Å². The third-order valence-electron chi connectivity index (χ3n) is 3.55. The monoisotopic (exact) mass is 317 g/mol. The minimum atomic E-state index is -1.11. The van der Waals surface area contributed by atoms with Crippen molar-refractivity contribution >= 4 is 11.9 Å². The lowest BCUT2D eigenvalue weighted by molar-refractivity contribution is -0.140. The van der Waals surface area contributed by atoms with Gasteiger partial charge in [0.05, 0.1) is 0 Å². The Morgan fingerprint density at radius 3 is 2.83 bits per heavy atom. The Kier molecular flexibility index (Phi) is 3.73. The summed E-state index contributed by atoms with van der Waals surface area (Å²) in [4.78, 5) is 27.3. The summed E-state index contributed by atoms with van der Waals surface area (Å²) in [5, 5.41) is 15.4. The van der Waals surface area contributed by atoms with E-state index < -0.39 is 17.4 Å². The van der Waals surface area contributed by atoms with Crippen LogP contribution in [0.25, 0.3) is 0 Å². The van der Waals surface area contributed by atoms with Crippen molar-refractivity contribution in [2.75, 3.05) is 0 Å². The van der Waals surface area contributed by atoms with Crippen molar-refractivity contribution in [3.05, 3.63) is 41.5 Å². The van der Waals surface area contributed by atoms with Crippen LogP contribution in [0.4, 0.5) is 0 Å². The molecule has 1 amide bonds. The van der Waals surface area contributed by atoms with Crippen LogP contribution >= 0.6 is 0 Å². The first kappa shape index (κ1) is 15.0. The van der Waals surface area contributed by atoms with Gasteiger partial charge in [0.25, 0.3) is 5.91 Å². The molecule has 1 aliphatic rings. The maximum Gasteiger partial charge on any atom is 0.329 e. The number of carbonyl (C=O) groups is 2. The Morgan fingerprint density at radius 1 is 1.43 bits per heavy atom. The highest BCUT2D eigenvalue weighted by Gasteiger charge is 2.51. The van der Waals surface area contributed by atoms with E-state index in [4.69, 9.17) is 14.4 Å². The van der Waals surface area contributed by atoms with E-state index >= 15 is 0 Å². The number of ether oxygens (including phenoxy) is 1. The second-order valence-electron chi connectivity index (χ2n) is 5.39. The molecule has 0 saturated heterocycles. The lowest BCUT2D eigenvalue weighted by Crippen LogP contribution is -2.43. The molecule has 1 aromatic carbocycles. The fourth-order valence-electron chi connectivity index (χ4n) is 2.08. The molecule has 120 valence electrons. The standard InChI is InChI=1S/C15H15N3O5/c1-9-16-12(18-23-9)8-22-11-4-2-3-10(7-11)13(19)17-15(5-6-15)14(20)21/h2-4,7H,5-6,8H2,1H3,(H,17,19)(H,20,21). The van der Waals surface area contributed by atoms with Crippen molar-refractivity contribution < 1.29 is 24.0 Å². The Labute approximate surface area is 131 Å². The Balaban J connectivity index is 1.65. The van der Waals surface area contributed by atoms with Crippen molar-refractivity contribution in [1.29, 1.82) is 0 Å². The summed E-state index contributed by atoms with van der Waals surface area (Å²) in [6, 6.07) is 6.48. The van der Waals surface area contributed by atoms with Gasteiger partial charge in [-0.05, 0) is 31.0 Å². The molecule has 1 saturated carbocycles. The molecule has 0 unspecified atom stereocenters. The summed E-state index contributed by atoms with van der Waals surface area (Å²) in [5.74, 6) is -0.142. The molecule has 0 bridgehead atoms. The number of amides is 1. The van der Waals surface area contributed by atoms with E-state index in [1.165, 1.54) is 0 Å². The normalized spacial score (nSPS) is 15.0. The molecule has 0 atom stereocenters. The Morgan fingerprint density at radius 2 is 2.22 bits per heavy atom. The van der Waals surface area contributed by atoms with E-state index in [2.05, 4.69) is 15.5 Å². The van der Waals surface area contributed by atoms with E-state index in [0.29, 0.717) is 35.9 Å². The molecule has 8 heteroatoms. The lowest BCUT2D eigenvalue weighted by Gasteiger charge is -2.13.